The summed E-state index contributed by atoms with van der Waals surface area (Å²) < 4.78 is 11.2. The van der Waals surface area contributed by atoms with E-state index in [1.54, 1.807) is 6.07 Å². The number of hydrogen-bond acceptors (Lipinski definition) is 7. The van der Waals surface area contributed by atoms with Gasteiger partial charge in [-0.2, -0.15) is 0 Å². The summed E-state index contributed by atoms with van der Waals surface area (Å²) in [6, 6.07) is 5.53. The van der Waals surface area contributed by atoms with Crippen LogP contribution < -0.4 is 4.74 Å². The molecule has 0 bridgehead atoms. The number of ether oxygens (including phenoxy) is 2. The molecule has 1 aliphatic rings. The zero-order valence-corrected chi connectivity index (χ0v) is 17.7. The number of fused-ring (bicyclic) bond motifs is 1. The number of aliphatic hydroxyl groups excluding tert-OH is 4. The zero-order valence-electron chi connectivity index (χ0n) is 17.7. The number of H-pyrrole nitrogens is 1. The quantitative estimate of drug-likeness (QED) is 0.388. The Balaban J connectivity index is 1.72. The minimum Gasteiger partial charge on any atom is -0.462 e. The molecule has 8 nitrogen and oxygen atoms in total. The molecule has 1 aliphatic heterocycles. The number of aromatic amines is 1. The van der Waals surface area contributed by atoms with Crippen molar-refractivity contribution in [2.75, 3.05) is 26.2 Å². The van der Waals surface area contributed by atoms with Gasteiger partial charge in [-0.1, -0.05) is 13.8 Å². The maximum atomic E-state index is 10.2. The lowest BCUT2D eigenvalue weighted by Gasteiger charge is -2.39. The maximum absolute atomic E-state index is 10.2. The van der Waals surface area contributed by atoms with Crippen molar-refractivity contribution in [3.05, 3.63) is 30.0 Å². The Labute approximate surface area is 177 Å². The normalized spacial score (nSPS) is 27.1. The van der Waals surface area contributed by atoms with Crippen LogP contribution in [-0.2, 0) is 11.2 Å². The van der Waals surface area contributed by atoms with Crippen LogP contribution in [0.1, 0.15) is 32.3 Å². The van der Waals surface area contributed by atoms with Crippen molar-refractivity contribution in [3.8, 4) is 5.75 Å². The van der Waals surface area contributed by atoms with Gasteiger partial charge in [-0.25, -0.2) is 0 Å². The number of hydrogen-bond donors (Lipinski definition) is 5. The smallest absolute Gasteiger partial charge is 0.229 e. The van der Waals surface area contributed by atoms with Crippen molar-refractivity contribution < 1.29 is 29.9 Å². The Bertz CT molecular complexity index is 789. The number of benzene rings is 1. The molecule has 2 aromatic rings. The zero-order chi connectivity index (χ0) is 21.7. The Morgan fingerprint density at radius 3 is 2.43 bits per heavy atom. The van der Waals surface area contributed by atoms with E-state index in [1.165, 1.54) is 5.56 Å². The summed E-state index contributed by atoms with van der Waals surface area (Å²) in [6.07, 6.45) is -1.31. The summed E-state index contributed by atoms with van der Waals surface area (Å²) in [6.45, 7) is 7.04. The van der Waals surface area contributed by atoms with E-state index in [2.05, 4.69) is 23.7 Å². The maximum Gasteiger partial charge on any atom is 0.229 e. The van der Waals surface area contributed by atoms with E-state index < -0.39 is 37.3 Å². The van der Waals surface area contributed by atoms with Crippen molar-refractivity contribution in [3.63, 3.8) is 0 Å². The Morgan fingerprint density at radius 2 is 1.77 bits per heavy atom. The summed E-state index contributed by atoms with van der Waals surface area (Å²) in [5.41, 5.74) is 2.17. The number of nitrogens with zero attached hydrogens (tertiary/aromatic N) is 1. The lowest BCUT2D eigenvalue weighted by atomic mass is 9.99. The van der Waals surface area contributed by atoms with E-state index in [4.69, 9.17) is 9.47 Å². The summed E-state index contributed by atoms with van der Waals surface area (Å²) in [7, 11) is 0. The highest BCUT2D eigenvalue weighted by molar-refractivity contribution is 5.84. The molecule has 0 amide bonds. The van der Waals surface area contributed by atoms with E-state index in [9.17, 15) is 20.4 Å². The molecule has 0 spiro atoms. The molecule has 0 saturated carbocycles. The van der Waals surface area contributed by atoms with E-state index in [1.807, 2.05) is 18.3 Å². The number of aliphatic hydroxyl groups is 4. The lowest BCUT2D eigenvalue weighted by molar-refractivity contribution is -0.277. The molecule has 1 aromatic heterocycles. The Kier molecular flexibility index (Phi) is 8.10. The largest absolute Gasteiger partial charge is 0.462 e. The molecule has 5 N–H and O–H groups in total. The predicted octanol–water partition coefficient (Wildman–Crippen LogP) is 1.01. The molecule has 30 heavy (non-hydrogen) atoms. The molecule has 2 heterocycles. The Morgan fingerprint density at radius 1 is 1.03 bits per heavy atom. The monoisotopic (exact) mass is 422 g/mol. The number of aromatic nitrogens is 1. The summed E-state index contributed by atoms with van der Waals surface area (Å²) in [5, 5.41) is 40.4. The average molecular weight is 423 g/mol. The molecule has 168 valence electrons. The Hall–Kier alpha value is -1.68. The van der Waals surface area contributed by atoms with Gasteiger partial charge in [0.25, 0.3) is 0 Å². The topological polar surface area (TPSA) is 118 Å². The summed E-state index contributed by atoms with van der Waals surface area (Å²) >= 11 is 0. The predicted molar refractivity (Wildman–Crippen MR) is 113 cm³/mol. The summed E-state index contributed by atoms with van der Waals surface area (Å²) in [4.78, 5) is 5.75. The third kappa shape index (κ3) is 5.14. The molecule has 1 saturated heterocycles. The van der Waals surface area contributed by atoms with E-state index in [-0.39, 0.29) is 0 Å². The molecule has 8 heteroatoms. The third-order valence-corrected chi connectivity index (χ3v) is 5.62. The van der Waals surface area contributed by atoms with Crippen molar-refractivity contribution >= 4 is 10.9 Å². The van der Waals surface area contributed by atoms with Crippen LogP contribution in [0.25, 0.3) is 10.9 Å². The van der Waals surface area contributed by atoms with Gasteiger partial charge >= 0.3 is 0 Å². The second kappa shape index (κ2) is 10.6. The first-order valence-electron chi connectivity index (χ1n) is 10.8. The highest BCUT2D eigenvalue weighted by Crippen LogP contribution is 2.28. The van der Waals surface area contributed by atoms with Crippen LogP contribution in [0.2, 0.25) is 0 Å². The van der Waals surface area contributed by atoms with Gasteiger partial charge < -0.3 is 39.8 Å². The number of rotatable bonds is 10. The van der Waals surface area contributed by atoms with Gasteiger partial charge in [0, 0.05) is 23.6 Å². The van der Waals surface area contributed by atoms with Gasteiger partial charge in [0.1, 0.15) is 30.2 Å². The fraction of sp³-hybridized carbons (Fsp3) is 0.636. The van der Waals surface area contributed by atoms with Crippen LogP contribution in [0.15, 0.2) is 24.4 Å². The molecule has 1 aromatic carbocycles. The van der Waals surface area contributed by atoms with Gasteiger partial charge in [-0.15, -0.1) is 0 Å². The first-order chi connectivity index (χ1) is 14.5. The van der Waals surface area contributed by atoms with E-state index >= 15 is 0 Å². The van der Waals surface area contributed by atoms with Crippen LogP contribution in [0, 0.1) is 0 Å². The average Bonchev–Trinajstić information content (AvgIpc) is 3.15. The van der Waals surface area contributed by atoms with Gasteiger partial charge in [0.05, 0.1) is 6.61 Å². The van der Waals surface area contributed by atoms with Crippen LogP contribution in [0.3, 0.4) is 0 Å². The van der Waals surface area contributed by atoms with Crippen molar-refractivity contribution in [1.29, 1.82) is 0 Å². The van der Waals surface area contributed by atoms with Gasteiger partial charge in [0.15, 0.2) is 0 Å². The van der Waals surface area contributed by atoms with Crippen molar-refractivity contribution in [1.82, 2.24) is 9.88 Å². The lowest BCUT2D eigenvalue weighted by Crippen LogP contribution is -2.60. The molecule has 0 radical (unpaired) electrons. The number of nitrogens with one attached hydrogen (secondary N) is 1. The minimum atomic E-state index is -1.46. The van der Waals surface area contributed by atoms with Crippen molar-refractivity contribution in [2.24, 2.45) is 0 Å². The van der Waals surface area contributed by atoms with Gasteiger partial charge in [0.2, 0.25) is 6.29 Å². The van der Waals surface area contributed by atoms with Gasteiger partial charge in [-0.05, 0) is 56.1 Å². The van der Waals surface area contributed by atoms with Crippen molar-refractivity contribution in [2.45, 2.75) is 63.8 Å². The SMILES string of the molecule is CCCN(CCC)CCc1c[nH]c2ccc(OC3OC(CO)C(O)C(O)C3O)cc12. The first-order valence-corrected chi connectivity index (χ1v) is 10.8. The molecular formula is C22H34N2O6. The standard InChI is InChI=1S/C22H34N2O6/c1-3-8-24(9-4-2)10-7-14-12-23-17-6-5-15(11-16(14)17)29-22-21(28)20(27)19(26)18(13-25)30-22/h5-6,11-12,18-23,25-28H,3-4,7-10,13H2,1-2H3. The van der Waals surface area contributed by atoms with Crippen LogP contribution in [-0.4, -0.2) is 87.3 Å². The molecule has 0 aliphatic carbocycles. The second-order valence-corrected chi connectivity index (χ2v) is 7.93. The highest BCUT2D eigenvalue weighted by Gasteiger charge is 2.44. The van der Waals surface area contributed by atoms with Gasteiger partial charge in [-0.3, -0.25) is 0 Å². The second-order valence-electron chi connectivity index (χ2n) is 7.93. The molecular weight excluding hydrogens is 388 g/mol. The molecule has 1 fully saturated rings. The molecule has 5 unspecified atom stereocenters. The van der Waals surface area contributed by atoms with Crippen LogP contribution >= 0.6 is 0 Å². The fourth-order valence-corrected chi connectivity index (χ4v) is 3.98. The van der Waals surface area contributed by atoms with Crippen LogP contribution in [0.5, 0.6) is 5.75 Å². The minimum absolute atomic E-state index is 0.478. The highest BCUT2D eigenvalue weighted by atomic mass is 16.7. The van der Waals surface area contributed by atoms with E-state index in [0.717, 1.165) is 49.8 Å². The molecule has 3 rings (SSSR count). The fourth-order valence-electron chi connectivity index (χ4n) is 3.98. The van der Waals surface area contributed by atoms with Crippen LogP contribution in [0.4, 0.5) is 0 Å². The third-order valence-electron chi connectivity index (χ3n) is 5.62. The summed E-state index contributed by atoms with van der Waals surface area (Å²) in [5.74, 6) is 0.478. The molecule has 5 atom stereocenters. The van der Waals surface area contributed by atoms with E-state index in [0.29, 0.717) is 5.75 Å². The first kappa shape index (κ1) is 23.0.